The van der Waals surface area contributed by atoms with Gasteiger partial charge in [0.25, 0.3) is 5.91 Å². The summed E-state index contributed by atoms with van der Waals surface area (Å²) in [5.74, 6) is -0.759. The van der Waals surface area contributed by atoms with E-state index in [9.17, 15) is 14.0 Å². The van der Waals surface area contributed by atoms with Crippen molar-refractivity contribution in [2.75, 3.05) is 13.7 Å². The maximum atomic E-state index is 13.0. The number of hydrogen-bond donors (Lipinski definition) is 2. The van der Waals surface area contributed by atoms with E-state index >= 15 is 0 Å². The van der Waals surface area contributed by atoms with Gasteiger partial charge in [0, 0.05) is 0 Å². The van der Waals surface area contributed by atoms with Crippen LogP contribution in [0.3, 0.4) is 0 Å². The summed E-state index contributed by atoms with van der Waals surface area (Å²) in [6.07, 6.45) is 1.65. The van der Waals surface area contributed by atoms with Gasteiger partial charge in [0.1, 0.15) is 19.0 Å². The Morgan fingerprint density at radius 3 is 2.69 bits per heavy atom. The first-order valence-corrected chi connectivity index (χ1v) is 9.28. The monoisotopic (exact) mass is 416 g/mol. The highest BCUT2D eigenvalue weighted by Gasteiger charge is 2.24. The Hall–Kier alpha value is -3.33. The third kappa shape index (κ3) is 5.58. The fourth-order valence-corrected chi connectivity index (χ4v) is 3.25. The van der Waals surface area contributed by atoms with Crippen LogP contribution in [0, 0.1) is 5.82 Å². The SMILES string of the molecule is COc1cc(/C=C2\SC(=NCC(=O)O)NC2=O)ccc1OCc1ccc(F)cc1. The van der Waals surface area contributed by atoms with Crippen LogP contribution >= 0.6 is 11.8 Å². The molecule has 9 heteroatoms. The lowest BCUT2D eigenvalue weighted by molar-refractivity contribution is -0.135. The Kier molecular flexibility index (Phi) is 6.50. The molecule has 0 saturated carbocycles. The van der Waals surface area contributed by atoms with Gasteiger partial charge < -0.3 is 19.9 Å². The van der Waals surface area contributed by atoms with Gasteiger partial charge in [-0.1, -0.05) is 18.2 Å². The van der Waals surface area contributed by atoms with E-state index in [1.165, 1.54) is 19.2 Å². The minimum absolute atomic E-state index is 0.245. The number of amides is 1. The predicted octanol–water partition coefficient (Wildman–Crippen LogP) is 3.06. The molecule has 1 aliphatic rings. The number of carboxylic acids is 1. The normalized spacial score (nSPS) is 16.1. The first-order valence-electron chi connectivity index (χ1n) is 8.47. The summed E-state index contributed by atoms with van der Waals surface area (Å²) in [6, 6.07) is 11.2. The molecule has 1 heterocycles. The van der Waals surface area contributed by atoms with E-state index in [0.717, 1.165) is 17.3 Å². The Morgan fingerprint density at radius 2 is 2.00 bits per heavy atom. The van der Waals surface area contributed by atoms with Gasteiger partial charge in [-0.15, -0.1) is 0 Å². The predicted molar refractivity (Wildman–Crippen MR) is 107 cm³/mol. The molecule has 0 bridgehead atoms. The van der Waals surface area contributed by atoms with Gasteiger partial charge in [-0.3, -0.25) is 14.6 Å². The number of carboxylic acid groups (broad SMARTS) is 1. The second kappa shape index (κ2) is 9.24. The number of aliphatic imine (C=N–C) groups is 1. The molecule has 7 nitrogen and oxygen atoms in total. The van der Waals surface area contributed by atoms with Crippen molar-refractivity contribution in [3.8, 4) is 11.5 Å². The largest absolute Gasteiger partial charge is 0.493 e. The maximum absolute atomic E-state index is 13.0. The number of carbonyl (C=O) groups is 2. The van der Waals surface area contributed by atoms with Gasteiger partial charge in [0.2, 0.25) is 0 Å². The Bertz CT molecular complexity index is 989. The number of carbonyl (C=O) groups excluding carboxylic acids is 1. The van der Waals surface area contributed by atoms with Crippen LogP contribution in [0.2, 0.25) is 0 Å². The number of methoxy groups -OCH3 is 1. The van der Waals surface area contributed by atoms with Gasteiger partial charge in [0.15, 0.2) is 16.7 Å². The minimum Gasteiger partial charge on any atom is -0.493 e. The maximum Gasteiger partial charge on any atom is 0.325 e. The van der Waals surface area contributed by atoms with Gasteiger partial charge >= 0.3 is 5.97 Å². The fourth-order valence-electron chi connectivity index (χ4n) is 2.43. The van der Waals surface area contributed by atoms with Gasteiger partial charge in [0.05, 0.1) is 12.0 Å². The second-order valence-electron chi connectivity index (χ2n) is 5.91. The highest BCUT2D eigenvalue weighted by Crippen LogP contribution is 2.32. The Labute approximate surface area is 170 Å². The standard InChI is InChI=1S/C20H17FN2O5S/c1-27-16-8-13(9-17-19(26)23-20(29-17)22-10-18(24)25)4-7-15(16)28-11-12-2-5-14(21)6-3-12/h2-9H,10-11H2,1H3,(H,24,25)(H,22,23,26)/b17-9-. The van der Waals surface area contributed by atoms with Crippen molar-refractivity contribution in [1.82, 2.24) is 5.32 Å². The fraction of sp³-hybridized carbons (Fsp3) is 0.150. The number of ether oxygens (including phenoxy) is 2. The zero-order valence-corrected chi connectivity index (χ0v) is 16.2. The van der Waals surface area contributed by atoms with Gasteiger partial charge in [-0.25, -0.2) is 4.39 Å². The molecule has 29 heavy (non-hydrogen) atoms. The first kappa shape index (κ1) is 20.4. The summed E-state index contributed by atoms with van der Waals surface area (Å²) in [5.41, 5.74) is 1.51. The third-order valence-electron chi connectivity index (χ3n) is 3.80. The number of rotatable bonds is 7. The van der Waals surface area contributed by atoms with Crippen LogP contribution in [-0.2, 0) is 16.2 Å². The summed E-state index contributed by atoms with van der Waals surface area (Å²) in [5, 5.41) is 11.4. The van der Waals surface area contributed by atoms with Crippen LogP contribution < -0.4 is 14.8 Å². The van der Waals surface area contributed by atoms with E-state index < -0.39 is 12.5 Å². The van der Waals surface area contributed by atoms with Crippen molar-refractivity contribution in [1.29, 1.82) is 0 Å². The van der Waals surface area contributed by atoms with E-state index in [1.54, 1.807) is 36.4 Å². The molecule has 0 aromatic heterocycles. The molecule has 1 aliphatic heterocycles. The van der Waals surface area contributed by atoms with Crippen LogP contribution in [0.25, 0.3) is 6.08 Å². The molecule has 0 spiro atoms. The third-order valence-corrected chi connectivity index (χ3v) is 4.75. The number of benzene rings is 2. The van der Waals surface area contributed by atoms with Crippen molar-refractivity contribution in [2.24, 2.45) is 4.99 Å². The number of amidine groups is 1. The number of hydrogen-bond acceptors (Lipinski definition) is 6. The van der Waals surface area contributed by atoms with Crippen LogP contribution in [-0.4, -0.2) is 35.8 Å². The van der Waals surface area contributed by atoms with E-state index in [4.69, 9.17) is 14.6 Å². The van der Waals surface area contributed by atoms with Crippen molar-refractivity contribution in [3.05, 3.63) is 64.3 Å². The molecule has 0 atom stereocenters. The van der Waals surface area contributed by atoms with Crippen molar-refractivity contribution in [2.45, 2.75) is 6.61 Å². The molecule has 150 valence electrons. The molecule has 1 fully saturated rings. The molecule has 1 saturated heterocycles. The summed E-state index contributed by atoms with van der Waals surface area (Å²) in [4.78, 5) is 26.8. The van der Waals surface area contributed by atoms with E-state index in [-0.39, 0.29) is 23.5 Å². The zero-order chi connectivity index (χ0) is 20.8. The molecular weight excluding hydrogens is 399 g/mol. The summed E-state index contributed by atoms with van der Waals surface area (Å²) < 4.78 is 24.1. The lowest BCUT2D eigenvalue weighted by Gasteiger charge is -2.11. The summed E-state index contributed by atoms with van der Waals surface area (Å²) >= 11 is 1.07. The van der Waals surface area contributed by atoms with Crippen LogP contribution in [0.1, 0.15) is 11.1 Å². The topological polar surface area (TPSA) is 97.2 Å². The molecule has 1 amide bonds. The molecule has 0 radical (unpaired) electrons. The van der Waals surface area contributed by atoms with Gasteiger partial charge in [-0.2, -0.15) is 0 Å². The minimum atomic E-state index is -1.08. The molecule has 2 aromatic carbocycles. The molecule has 2 aromatic rings. The van der Waals surface area contributed by atoms with Crippen LogP contribution in [0.4, 0.5) is 4.39 Å². The lowest BCUT2D eigenvalue weighted by Crippen LogP contribution is -2.20. The quantitative estimate of drug-likeness (QED) is 0.674. The number of nitrogens with one attached hydrogen (secondary N) is 1. The highest BCUT2D eigenvalue weighted by molar-refractivity contribution is 8.18. The number of thioether (sulfide) groups is 1. The van der Waals surface area contributed by atoms with E-state index in [0.29, 0.717) is 22.0 Å². The second-order valence-corrected chi connectivity index (χ2v) is 6.94. The molecule has 0 aliphatic carbocycles. The van der Waals surface area contributed by atoms with E-state index in [2.05, 4.69) is 10.3 Å². The van der Waals surface area contributed by atoms with Crippen molar-refractivity contribution in [3.63, 3.8) is 0 Å². The average molecular weight is 416 g/mol. The van der Waals surface area contributed by atoms with Gasteiger partial charge in [-0.05, 0) is 53.2 Å². The Balaban J connectivity index is 1.72. The number of halogens is 1. The van der Waals surface area contributed by atoms with Crippen molar-refractivity contribution < 1.29 is 28.6 Å². The zero-order valence-electron chi connectivity index (χ0n) is 15.3. The molecule has 0 unspecified atom stereocenters. The first-order chi connectivity index (χ1) is 13.9. The lowest BCUT2D eigenvalue weighted by atomic mass is 10.2. The summed E-state index contributed by atoms with van der Waals surface area (Å²) in [6.45, 7) is -0.164. The highest BCUT2D eigenvalue weighted by atomic mass is 32.2. The number of aliphatic carboxylic acids is 1. The summed E-state index contributed by atoms with van der Waals surface area (Å²) in [7, 11) is 1.50. The van der Waals surface area contributed by atoms with Crippen molar-refractivity contribution >= 4 is 34.9 Å². The average Bonchev–Trinajstić information content (AvgIpc) is 3.05. The van der Waals surface area contributed by atoms with E-state index in [1.807, 2.05) is 0 Å². The molecule has 2 N–H and O–H groups in total. The Morgan fingerprint density at radius 1 is 1.24 bits per heavy atom. The number of nitrogens with zero attached hydrogens (tertiary/aromatic N) is 1. The molecular formula is C20H17FN2O5S. The molecule has 3 rings (SSSR count). The smallest absolute Gasteiger partial charge is 0.325 e. The van der Waals surface area contributed by atoms with Crippen LogP contribution in [0.15, 0.2) is 52.4 Å². The van der Waals surface area contributed by atoms with Crippen LogP contribution in [0.5, 0.6) is 11.5 Å².